The monoisotopic (exact) mass is 495 g/mol. The highest BCUT2D eigenvalue weighted by molar-refractivity contribution is 7.03. The molecule has 0 fully saturated rings. The van der Waals surface area contributed by atoms with Gasteiger partial charge in [-0.25, -0.2) is 18.1 Å². The summed E-state index contributed by atoms with van der Waals surface area (Å²) in [6, 6.07) is 13.3. The second-order valence-corrected chi connectivity index (χ2v) is 9.06. The molecule has 1 heterocycles. The number of ether oxygens (including phenoxy) is 1. The normalized spacial score (nSPS) is 11.7. The van der Waals surface area contributed by atoms with E-state index in [1.165, 1.54) is 3.96 Å². The average Bonchev–Trinajstić information content (AvgIpc) is 3.02. The first-order valence-electron chi connectivity index (χ1n) is 9.57. The number of carbonyl (C=O) groups is 2. The lowest BCUT2D eigenvalue weighted by molar-refractivity contribution is -0.850. The summed E-state index contributed by atoms with van der Waals surface area (Å²) < 4.78 is 7.83. The number of nitrogens with zero attached hydrogens (tertiary/aromatic N) is 3. The van der Waals surface area contributed by atoms with Gasteiger partial charge in [0.2, 0.25) is 4.80 Å². The van der Waals surface area contributed by atoms with Gasteiger partial charge in [0.05, 0.1) is 20.6 Å². The summed E-state index contributed by atoms with van der Waals surface area (Å²) in [6.45, 7) is 0.0444. The molecule has 11 heteroatoms. The molecule has 0 aliphatic carbocycles. The molecular formula is C21H21Cl2N4O4S+. The van der Waals surface area contributed by atoms with E-state index in [0.29, 0.717) is 15.6 Å². The number of esters is 1. The number of nitrogens with one attached hydrogen (secondary N) is 1. The third-order valence-electron chi connectivity index (χ3n) is 4.25. The molecule has 1 aromatic heterocycles. The van der Waals surface area contributed by atoms with Crippen LogP contribution in [0.2, 0.25) is 10.0 Å². The molecule has 3 aromatic rings. The quantitative estimate of drug-likeness (QED) is 0.502. The largest absolute Gasteiger partial charge is 0.439 e. The van der Waals surface area contributed by atoms with E-state index < -0.39 is 17.6 Å². The molecule has 8 nitrogen and oxygen atoms in total. The molecule has 2 aromatic carbocycles. The number of rotatable bonds is 7. The number of hydrogen-bond acceptors (Lipinski definition) is 5. The summed E-state index contributed by atoms with van der Waals surface area (Å²) in [4.78, 5) is 42.7. The summed E-state index contributed by atoms with van der Waals surface area (Å²) in [6.07, 6.45) is 0. The Morgan fingerprint density at radius 1 is 1.03 bits per heavy atom. The van der Waals surface area contributed by atoms with E-state index in [0.717, 1.165) is 26.6 Å². The van der Waals surface area contributed by atoms with Crippen LogP contribution in [0.5, 0.6) is 0 Å². The summed E-state index contributed by atoms with van der Waals surface area (Å²) in [5.41, 5.74) is 0.713. The van der Waals surface area contributed by atoms with Crippen LogP contribution in [0.4, 0.5) is 0 Å². The number of benzene rings is 2. The summed E-state index contributed by atoms with van der Waals surface area (Å²) >= 11 is 12.8. The molecule has 1 N–H and O–H groups in total. The van der Waals surface area contributed by atoms with Crippen LogP contribution in [-0.4, -0.2) is 41.0 Å². The van der Waals surface area contributed by atoms with Crippen LogP contribution in [0.1, 0.15) is 15.9 Å². The summed E-state index contributed by atoms with van der Waals surface area (Å²) in [5.74, 6) is -1.01. The maximum atomic E-state index is 13.0. The Balaban J connectivity index is 1.95. The fourth-order valence-corrected chi connectivity index (χ4v) is 3.86. The Morgan fingerprint density at radius 2 is 1.62 bits per heavy atom. The minimum Gasteiger partial charge on any atom is -0.439 e. The van der Waals surface area contributed by atoms with Crippen molar-refractivity contribution in [2.24, 2.45) is 4.99 Å². The molecule has 32 heavy (non-hydrogen) atoms. The topological polar surface area (TPSA) is 87.1 Å². The molecule has 0 unspecified atom stereocenters. The SMILES string of the molecule is C[NH+](C)CC(=O)OCn1c(=NC(=O)c2ccc(Cl)cc2)sn(Cc2ccc(Cl)cc2)c1=O. The van der Waals surface area contributed by atoms with Crippen LogP contribution in [0, 0.1) is 0 Å². The zero-order chi connectivity index (χ0) is 23.3. The average molecular weight is 496 g/mol. The second-order valence-electron chi connectivity index (χ2n) is 7.20. The maximum Gasteiger partial charge on any atom is 0.363 e. The number of likely N-dealkylation sites (N-methyl/N-ethyl adjacent to an activating group) is 1. The molecule has 0 bridgehead atoms. The van der Waals surface area contributed by atoms with Crippen molar-refractivity contribution in [2.75, 3.05) is 20.6 Å². The molecule has 0 spiro atoms. The van der Waals surface area contributed by atoms with E-state index in [4.69, 9.17) is 27.9 Å². The van der Waals surface area contributed by atoms with Gasteiger partial charge in [-0.05, 0) is 53.5 Å². The van der Waals surface area contributed by atoms with Gasteiger partial charge >= 0.3 is 11.7 Å². The smallest absolute Gasteiger partial charge is 0.363 e. The van der Waals surface area contributed by atoms with Crippen molar-refractivity contribution in [1.29, 1.82) is 0 Å². The lowest BCUT2D eigenvalue weighted by Crippen LogP contribution is -3.06. The van der Waals surface area contributed by atoms with Crippen LogP contribution in [0.25, 0.3) is 0 Å². The van der Waals surface area contributed by atoms with Gasteiger partial charge in [0, 0.05) is 15.6 Å². The number of amides is 1. The number of quaternary nitrogens is 1. The molecule has 3 rings (SSSR count). The van der Waals surface area contributed by atoms with Gasteiger partial charge in [0.1, 0.15) is 0 Å². The molecule has 168 valence electrons. The Morgan fingerprint density at radius 3 is 2.22 bits per heavy atom. The van der Waals surface area contributed by atoms with Crippen molar-refractivity contribution < 1.29 is 19.2 Å². The number of halogens is 2. The molecule has 0 aliphatic heterocycles. The van der Waals surface area contributed by atoms with Gasteiger partial charge in [-0.3, -0.25) is 4.79 Å². The summed E-state index contributed by atoms with van der Waals surface area (Å²) in [7, 11) is 3.62. The zero-order valence-corrected chi connectivity index (χ0v) is 19.7. The number of aromatic nitrogens is 2. The summed E-state index contributed by atoms with van der Waals surface area (Å²) in [5, 5.41) is 1.08. The van der Waals surface area contributed by atoms with Gasteiger partial charge in [-0.2, -0.15) is 4.99 Å². The van der Waals surface area contributed by atoms with Gasteiger partial charge < -0.3 is 9.64 Å². The minimum absolute atomic E-state index is 0.119. The van der Waals surface area contributed by atoms with E-state index in [9.17, 15) is 14.4 Å². The highest BCUT2D eigenvalue weighted by atomic mass is 35.5. The van der Waals surface area contributed by atoms with E-state index >= 15 is 0 Å². The van der Waals surface area contributed by atoms with Crippen LogP contribution in [0.3, 0.4) is 0 Å². The third-order valence-corrected chi connectivity index (χ3v) is 5.73. The maximum absolute atomic E-state index is 13.0. The molecule has 0 saturated heterocycles. The van der Waals surface area contributed by atoms with Crippen molar-refractivity contribution in [2.45, 2.75) is 13.3 Å². The molecular weight excluding hydrogens is 475 g/mol. The second kappa shape index (κ2) is 10.7. The fraction of sp³-hybridized carbons (Fsp3) is 0.238. The third kappa shape index (κ3) is 6.39. The number of carbonyl (C=O) groups excluding carboxylic acids is 2. The van der Waals surface area contributed by atoms with E-state index in [1.54, 1.807) is 48.5 Å². The van der Waals surface area contributed by atoms with Crippen molar-refractivity contribution >= 4 is 46.6 Å². The first kappa shape index (κ1) is 23.9. The Hall–Kier alpha value is -2.72. The highest BCUT2D eigenvalue weighted by Gasteiger charge is 2.15. The van der Waals surface area contributed by atoms with Crippen LogP contribution >= 0.6 is 34.7 Å². The standard InChI is InChI=1S/C21H20Cl2N4O4S/c1-25(2)12-18(28)31-13-26-20(24-19(29)15-5-9-17(23)10-6-15)32-27(21(26)30)11-14-3-7-16(22)8-4-14/h3-10H,11-13H2,1-2H3/p+1. The highest BCUT2D eigenvalue weighted by Crippen LogP contribution is 2.11. The molecule has 0 radical (unpaired) electrons. The predicted molar refractivity (Wildman–Crippen MR) is 122 cm³/mol. The van der Waals surface area contributed by atoms with Crippen molar-refractivity contribution in [3.63, 3.8) is 0 Å². The van der Waals surface area contributed by atoms with Crippen LogP contribution < -0.4 is 15.4 Å². The first-order valence-corrected chi connectivity index (χ1v) is 11.1. The molecule has 0 atom stereocenters. The van der Waals surface area contributed by atoms with Gasteiger partial charge in [-0.15, -0.1) is 0 Å². The Bertz CT molecular complexity index is 1230. The fourth-order valence-electron chi connectivity index (χ4n) is 2.67. The molecule has 0 saturated carbocycles. The van der Waals surface area contributed by atoms with E-state index in [-0.39, 0.29) is 24.6 Å². The van der Waals surface area contributed by atoms with Crippen LogP contribution in [0.15, 0.2) is 58.3 Å². The molecule has 0 aliphatic rings. The minimum atomic E-state index is -0.542. The van der Waals surface area contributed by atoms with Gasteiger partial charge in [0.25, 0.3) is 5.91 Å². The molecule has 1 amide bonds. The Kier molecular flexibility index (Phi) is 8.03. The van der Waals surface area contributed by atoms with Gasteiger partial charge in [-0.1, -0.05) is 35.3 Å². The van der Waals surface area contributed by atoms with Crippen molar-refractivity contribution in [3.05, 3.63) is 85.0 Å². The van der Waals surface area contributed by atoms with E-state index in [1.807, 2.05) is 14.1 Å². The Labute approximate surface area is 198 Å². The first-order chi connectivity index (χ1) is 15.2. The van der Waals surface area contributed by atoms with E-state index in [2.05, 4.69) is 4.99 Å². The lowest BCUT2D eigenvalue weighted by atomic mass is 10.2. The zero-order valence-electron chi connectivity index (χ0n) is 17.4. The van der Waals surface area contributed by atoms with Crippen molar-refractivity contribution in [3.8, 4) is 0 Å². The van der Waals surface area contributed by atoms with Gasteiger partial charge in [0.15, 0.2) is 13.3 Å². The van der Waals surface area contributed by atoms with Crippen LogP contribution in [-0.2, 0) is 22.8 Å². The lowest BCUT2D eigenvalue weighted by Gasteiger charge is -2.07. The van der Waals surface area contributed by atoms with Crippen molar-refractivity contribution in [1.82, 2.24) is 8.52 Å². The number of hydrogen-bond donors (Lipinski definition) is 1. The predicted octanol–water partition coefficient (Wildman–Crippen LogP) is 1.45.